The standard InChI is InChI=1S/C30H27BrFN5O3.C2H6/c1-17-12-19(6-7-26(17)40-27-5-3-2-4-23(27)32)37-30(33)21(16-35-37)29(38)25-13-18-14-28(22(31)15-24(18)36-25)39-20-8-10-34-11-9-20;1-2/h2-7,12-16,20,34,36H,8-11,33H2,1H3;1-2H3. The minimum absolute atomic E-state index is 0.139. The molecule has 4 N–H and O–H groups in total. The van der Waals surface area contributed by atoms with Gasteiger partial charge in [0.25, 0.3) is 0 Å². The highest BCUT2D eigenvalue weighted by Gasteiger charge is 2.22. The van der Waals surface area contributed by atoms with Crippen molar-refractivity contribution >= 4 is 38.4 Å². The first kappa shape index (κ1) is 29.3. The summed E-state index contributed by atoms with van der Waals surface area (Å²) in [6.07, 6.45) is 3.52. The van der Waals surface area contributed by atoms with Crippen LogP contribution in [0, 0.1) is 12.7 Å². The van der Waals surface area contributed by atoms with Crippen molar-refractivity contribution in [3.63, 3.8) is 0 Å². The molecule has 1 aliphatic heterocycles. The van der Waals surface area contributed by atoms with Crippen LogP contribution in [0.1, 0.15) is 48.3 Å². The third-order valence-electron chi connectivity index (χ3n) is 7.01. The lowest BCUT2D eigenvalue weighted by Crippen LogP contribution is -2.34. The van der Waals surface area contributed by atoms with Crippen molar-refractivity contribution in [2.45, 2.75) is 39.7 Å². The summed E-state index contributed by atoms with van der Waals surface area (Å²) in [6.45, 7) is 7.72. The van der Waals surface area contributed by atoms with Gasteiger partial charge in [-0.3, -0.25) is 4.79 Å². The number of nitrogen functional groups attached to an aromatic ring is 1. The summed E-state index contributed by atoms with van der Waals surface area (Å²) in [6, 6.07) is 17.2. The molecular formula is C32H33BrFN5O3. The Morgan fingerprint density at radius 3 is 2.55 bits per heavy atom. The number of fused-ring (bicyclic) bond motifs is 1. The van der Waals surface area contributed by atoms with E-state index in [2.05, 4.69) is 31.3 Å². The van der Waals surface area contributed by atoms with E-state index in [1.165, 1.54) is 16.9 Å². The van der Waals surface area contributed by atoms with Gasteiger partial charge in [0.05, 0.1) is 27.6 Å². The van der Waals surface area contributed by atoms with Gasteiger partial charge in [0.2, 0.25) is 5.78 Å². The molecule has 8 nitrogen and oxygen atoms in total. The molecule has 1 saturated heterocycles. The topological polar surface area (TPSA) is 107 Å². The van der Waals surface area contributed by atoms with Gasteiger partial charge in [0.15, 0.2) is 11.6 Å². The molecule has 1 fully saturated rings. The lowest BCUT2D eigenvalue weighted by molar-refractivity contribution is 0.103. The molecule has 0 unspecified atom stereocenters. The molecule has 42 heavy (non-hydrogen) atoms. The van der Waals surface area contributed by atoms with Crippen molar-refractivity contribution in [1.29, 1.82) is 0 Å². The van der Waals surface area contributed by atoms with E-state index in [9.17, 15) is 9.18 Å². The smallest absolute Gasteiger partial charge is 0.214 e. The van der Waals surface area contributed by atoms with E-state index in [-0.39, 0.29) is 29.0 Å². The van der Waals surface area contributed by atoms with Crippen LogP contribution < -0.4 is 20.5 Å². The van der Waals surface area contributed by atoms with Crippen LogP contribution in [0.2, 0.25) is 0 Å². The fourth-order valence-electron chi connectivity index (χ4n) is 4.85. The highest BCUT2D eigenvalue weighted by molar-refractivity contribution is 9.10. The quantitative estimate of drug-likeness (QED) is 0.162. The molecule has 0 aliphatic carbocycles. The number of rotatable bonds is 7. The van der Waals surface area contributed by atoms with Crippen molar-refractivity contribution in [3.8, 4) is 22.9 Å². The number of nitrogens with one attached hydrogen (secondary N) is 2. The number of aromatic nitrogens is 3. The summed E-state index contributed by atoms with van der Waals surface area (Å²) in [7, 11) is 0. The maximum Gasteiger partial charge on any atom is 0.214 e. The number of carbonyl (C=O) groups excluding carboxylic acids is 1. The molecule has 3 aromatic carbocycles. The molecule has 5 aromatic rings. The van der Waals surface area contributed by atoms with Crippen LogP contribution in [-0.4, -0.2) is 39.7 Å². The molecule has 0 saturated carbocycles. The van der Waals surface area contributed by atoms with Crippen molar-refractivity contribution in [2.75, 3.05) is 18.8 Å². The molecule has 10 heteroatoms. The summed E-state index contributed by atoms with van der Waals surface area (Å²) >= 11 is 3.60. The molecule has 218 valence electrons. The molecule has 2 aromatic heterocycles. The maximum absolute atomic E-state index is 14.0. The fraction of sp³-hybridized carbons (Fsp3) is 0.250. The molecular weight excluding hydrogens is 601 g/mol. The summed E-state index contributed by atoms with van der Waals surface area (Å²) < 4.78 is 28.3. The highest BCUT2D eigenvalue weighted by atomic mass is 79.9. The van der Waals surface area contributed by atoms with Crippen LogP contribution in [0.3, 0.4) is 0 Å². The maximum atomic E-state index is 14.0. The predicted octanol–water partition coefficient (Wildman–Crippen LogP) is 7.33. The van der Waals surface area contributed by atoms with Gasteiger partial charge >= 0.3 is 0 Å². The number of carbonyl (C=O) groups is 1. The number of hydrogen-bond donors (Lipinski definition) is 3. The van der Waals surface area contributed by atoms with Crippen molar-refractivity contribution in [1.82, 2.24) is 20.1 Å². The third kappa shape index (κ3) is 6.05. The lowest BCUT2D eigenvalue weighted by atomic mass is 10.1. The van der Waals surface area contributed by atoms with E-state index in [4.69, 9.17) is 15.2 Å². The Bertz CT molecular complexity index is 1720. The second kappa shape index (κ2) is 12.8. The lowest BCUT2D eigenvalue weighted by Gasteiger charge is -2.24. The van der Waals surface area contributed by atoms with Gasteiger partial charge in [-0.2, -0.15) is 5.10 Å². The number of aromatic amines is 1. The number of halogens is 2. The molecule has 0 radical (unpaired) electrons. The summed E-state index contributed by atoms with van der Waals surface area (Å²) in [4.78, 5) is 16.7. The number of ether oxygens (including phenoxy) is 2. The van der Waals surface area contributed by atoms with Crippen LogP contribution in [0.5, 0.6) is 17.2 Å². The van der Waals surface area contributed by atoms with Crippen LogP contribution in [0.15, 0.2) is 71.3 Å². The second-order valence-electron chi connectivity index (χ2n) is 9.79. The van der Waals surface area contributed by atoms with Gasteiger partial charge < -0.3 is 25.5 Å². The zero-order valence-corrected chi connectivity index (χ0v) is 25.3. The van der Waals surface area contributed by atoms with Crippen LogP contribution in [0.25, 0.3) is 16.6 Å². The van der Waals surface area contributed by atoms with E-state index < -0.39 is 5.82 Å². The normalized spacial score (nSPS) is 13.5. The van der Waals surface area contributed by atoms with Crippen LogP contribution in [0.4, 0.5) is 10.2 Å². The second-order valence-corrected chi connectivity index (χ2v) is 10.6. The van der Waals surface area contributed by atoms with Gasteiger partial charge in [0.1, 0.15) is 23.4 Å². The molecule has 3 heterocycles. The SMILES string of the molecule is CC.Cc1cc(-n2ncc(C(=O)c3cc4cc(OC5CCNCC5)c(Br)cc4[nH]3)c2N)ccc1Oc1ccccc1F. The molecule has 0 bridgehead atoms. The summed E-state index contributed by atoms with van der Waals surface area (Å²) in [5.74, 6) is 0.890. The Labute approximate surface area is 252 Å². The highest BCUT2D eigenvalue weighted by Crippen LogP contribution is 2.34. The Morgan fingerprint density at radius 1 is 1.05 bits per heavy atom. The first-order valence-electron chi connectivity index (χ1n) is 14.0. The number of para-hydroxylation sites is 1. The van der Waals surface area contributed by atoms with Crippen molar-refractivity contribution < 1.29 is 18.7 Å². The Kier molecular flexibility index (Phi) is 8.94. The number of nitrogens with zero attached hydrogens (tertiary/aromatic N) is 2. The van der Waals surface area contributed by atoms with Gasteiger partial charge in [-0.1, -0.05) is 26.0 Å². The minimum Gasteiger partial charge on any atom is -0.489 e. The Balaban J connectivity index is 0.00000173. The first-order chi connectivity index (χ1) is 20.4. The van der Waals surface area contributed by atoms with Crippen molar-refractivity contribution in [3.05, 3.63) is 94.0 Å². The number of aryl methyl sites for hydroxylation is 1. The molecule has 1 aliphatic rings. The van der Waals surface area contributed by atoms with Gasteiger partial charge in [-0.25, -0.2) is 9.07 Å². The zero-order valence-electron chi connectivity index (χ0n) is 23.7. The van der Waals surface area contributed by atoms with E-state index in [0.717, 1.165) is 52.6 Å². The predicted molar refractivity (Wildman–Crippen MR) is 166 cm³/mol. The number of nitrogens with two attached hydrogens (primary N) is 1. The minimum atomic E-state index is -0.444. The molecule has 0 amide bonds. The average Bonchev–Trinajstić information content (AvgIpc) is 3.59. The first-order valence-corrected chi connectivity index (χ1v) is 14.8. The number of ketones is 1. The Hall–Kier alpha value is -4.15. The summed E-state index contributed by atoms with van der Waals surface area (Å²) in [5, 5.41) is 8.57. The number of H-pyrrole nitrogens is 1. The number of benzene rings is 3. The largest absolute Gasteiger partial charge is 0.489 e. The van der Waals surface area contributed by atoms with Crippen molar-refractivity contribution in [2.24, 2.45) is 0 Å². The van der Waals surface area contributed by atoms with Gasteiger partial charge in [0, 0.05) is 10.9 Å². The number of piperidine rings is 1. The summed E-state index contributed by atoms with van der Waals surface area (Å²) in [5.41, 5.74) is 9.29. The van der Waals surface area contributed by atoms with Gasteiger partial charge in [-0.15, -0.1) is 0 Å². The average molecular weight is 635 g/mol. The molecule has 6 rings (SSSR count). The van der Waals surface area contributed by atoms with E-state index in [1.54, 1.807) is 36.4 Å². The van der Waals surface area contributed by atoms with Crippen LogP contribution >= 0.6 is 15.9 Å². The number of hydrogen-bond acceptors (Lipinski definition) is 6. The Morgan fingerprint density at radius 2 is 1.81 bits per heavy atom. The van der Waals surface area contributed by atoms with E-state index in [0.29, 0.717) is 17.1 Å². The molecule has 0 atom stereocenters. The third-order valence-corrected chi connectivity index (χ3v) is 7.63. The van der Waals surface area contributed by atoms with Gasteiger partial charge in [-0.05, 0) is 103 Å². The van der Waals surface area contributed by atoms with E-state index in [1.807, 2.05) is 39.0 Å². The van der Waals surface area contributed by atoms with Crippen LogP contribution in [-0.2, 0) is 0 Å². The fourth-order valence-corrected chi connectivity index (χ4v) is 5.29. The monoisotopic (exact) mass is 633 g/mol. The zero-order chi connectivity index (χ0) is 29.8. The molecule has 0 spiro atoms. The van der Waals surface area contributed by atoms with E-state index >= 15 is 0 Å². The number of anilines is 1.